The fourth-order valence-electron chi connectivity index (χ4n) is 1.52. The summed E-state index contributed by atoms with van der Waals surface area (Å²) in [4.78, 5) is 12.2. The molecular weight excluding hydrogens is 232 g/mol. The van der Waals surface area contributed by atoms with Crippen LogP contribution in [0.25, 0.3) is 6.08 Å². The Balaban J connectivity index is 2.77. The molecule has 0 heterocycles. The van der Waals surface area contributed by atoms with Gasteiger partial charge in [0, 0.05) is 4.90 Å². The van der Waals surface area contributed by atoms with Crippen molar-refractivity contribution in [1.82, 2.24) is 0 Å². The van der Waals surface area contributed by atoms with Gasteiger partial charge in [0.15, 0.2) is 0 Å². The summed E-state index contributed by atoms with van der Waals surface area (Å²) in [5, 5.41) is 9.05. The highest BCUT2D eigenvalue weighted by atomic mass is 32.2. The van der Waals surface area contributed by atoms with Gasteiger partial charge in [-0.15, -0.1) is 11.8 Å². The van der Waals surface area contributed by atoms with Crippen molar-refractivity contribution in [2.45, 2.75) is 18.7 Å². The molecule has 2 nitrogen and oxygen atoms in total. The highest BCUT2D eigenvalue weighted by Crippen LogP contribution is 2.18. The van der Waals surface area contributed by atoms with Gasteiger partial charge >= 0.3 is 5.97 Å². The molecule has 0 aliphatic carbocycles. The number of carbonyl (C=O) groups is 1. The molecular formula is C14H18O2S. The van der Waals surface area contributed by atoms with Crippen LogP contribution in [0.5, 0.6) is 0 Å². The van der Waals surface area contributed by atoms with E-state index in [0.717, 1.165) is 5.56 Å². The number of rotatable bonds is 5. The minimum Gasteiger partial charge on any atom is -0.481 e. The van der Waals surface area contributed by atoms with Gasteiger partial charge in [0.1, 0.15) is 0 Å². The number of carboxylic acid groups (broad SMARTS) is 1. The van der Waals surface area contributed by atoms with Crippen LogP contribution in [0.4, 0.5) is 0 Å². The second kappa shape index (κ2) is 6.50. The Morgan fingerprint density at radius 2 is 1.88 bits per heavy atom. The maximum atomic E-state index is 11.0. The van der Waals surface area contributed by atoms with Gasteiger partial charge in [-0.2, -0.15) is 0 Å². The van der Waals surface area contributed by atoms with E-state index in [1.165, 1.54) is 4.90 Å². The summed E-state index contributed by atoms with van der Waals surface area (Å²) in [5.74, 6) is -1.08. The SMILES string of the molecule is CSc1ccc(/C=C/C(C(=O)O)C(C)C)cc1. The summed E-state index contributed by atoms with van der Waals surface area (Å²) in [6.07, 6.45) is 5.67. The molecule has 0 amide bonds. The van der Waals surface area contributed by atoms with E-state index in [2.05, 4.69) is 0 Å². The molecule has 0 fully saturated rings. The molecule has 1 atom stereocenters. The highest BCUT2D eigenvalue weighted by Gasteiger charge is 2.17. The smallest absolute Gasteiger partial charge is 0.310 e. The van der Waals surface area contributed by atoms with Crippen LogP contribution in [0.15, 0.2) is 35.2 Å². The molecule has 0 bridgehead atoms. The van der Waals surface area contributed by atoms with Crippen molar-refractivity contribution in [1.29, 1.82) is 0 Å². The van der Waals surface area contributed by atoms with E-state index in [1.54, 1.807) is 17.8 Å². The molecule has 1 aromatic carbocycles. The molecule has 1 N–H and O–H groups in total. The minimum atomic E-state index is -0.767. The van der Waals surface area contributed by atoms with E-state index < -0.39 is 11.9 Å². The second-order valence-corrected chi connectivity index (χ2v) is 5.12. The normalized spacial score (nSPS) is 13.2. The molecule has 0 aliphatic rings. The summed E-state index contributed by atoms with van der Waals surface area (Å²) >= 11 is 1.69. The van der Waals surface area contributed by atoms with E-state index >= 15 is 0 Å². The summed E-state index contributed by atoms with van der Waals surface area (Å²) < 4.78 is 0. The fraction of sp³-hybridized carbons (Fsp3) is 0.357. The van der Waals surface area contributed by atoms with Crippen LogP contribution in [0.1, 0.15) is 19.4 Å². The van der Waals surface area contributed by atoms with Crippen molar-refractivity contribution in [3.63, 3.8) is 0 Å². The topological polar surface area (TPSA) is 37.3 Å². The highest BCUT2D eigenvalue weighted by molar-refractivity contribution is 7.98. The molecule has 0 aromatic heterocycles. The Morgan fingerprint density at radius 3 is 2.29 bits per heavy atom. The number of carboxylic acids is 1. The Bertz CT molecular complexity index is 393. The van der Waals surface area contributed by atoms with Gasteiger partial charge in [0.05, 0.1) is 5.92 Å². The monoisotopic (exact) mass is 250 g/mol. The average molecular weight is 250 g/mol. The number of hydrogen-bond donors (Lipinski definition) is 1. The van der Waals surface area contributed by atoms with Crippen molar-refractivity contribution in [2.24, 2.45) is 11.8 Å². The van der Waals surface area contributed by atoms with Gasteiger partial charge in [-0.3, -0.25) is 4.79 Å². The molecule has 1 unspecified atom stereocenters. The lowest BCUT2D eigenvalue weighted by molar-refractivity contribution is -0.141. The van der Waals surface area contributed by atoms with Crippen LogP contribution in [0.3, 0.4) is 0 Å². The van der Waals surface area contributed by atoms with Crippen LogP contribution in [0, 0.1) is 11.8 Å². The van der Waals surface area contributed by atoms with Crippen molar-refractivity contribution in [3.05, 3.63) is 35.9 Å². The zero-order valence-electron chi connectivity index (χ0n) is 10.4. The molecule has 3 heteroatoms. The number of thioether (sulfide) groups is 1. The second-order valence-electron chi connectivity index (χ2n) is 4.24. The van der Waals surface area contributed by atoms with Crippen LogP contribution in [0.2, 0.25) is 0 Å². The maximum Gasteiger partial charge on any atom is 0.310 e. The first-order valence-electron chi connectivity index (χ1n) is 5.59. The van der Waals surface area contributed by atoms with Crippen LogP contribution in [-0.2, 0) is 4.79 Å². The summed E-state index contributed by atoms with van der Waals surface area (Å²) in [7, 11) is 0. The van der Waals surface area contributed by atoms with Crippen molar-refractivity contribution in [2.75, 3.05) is 6.26 Å². The van der Waals surface area contributed by atoms with Gasteiger partial charge < -0.3 is 5.11 Å². The third-order valence-corrected chi connectivity index (χ3v) is 3.36. The van der Waals surface area contributed by atoms with Crippen LogP contribution in [-0.4, -0.2) is 17.3 Å². The van der Waals surface area contributed by atoms with Gasteiger partial charge in [-0.25, -0.2) is 0 Å². The molecule has 92 valence electrons. The van der Waals surface area contributed by atoms with Crippen LogP contribution < -0.4 is 0 Å². The fourth-order valence-corrected chi connectivity index (χ4v) is 1.93. The number of aliphatic carboxylic acids is 1. The predicted molar refractivity (Wildman–Crippen MR) is 73.2 cm³/mol. The van der Waals surface area contributed by atoms with E-state index in [9.17, 15) is 4.79 Å². The summed E-state index contributed by atoms with van der Waals surface area (Å²) in [5.41, 5.74) is 1.04. The van der Waals surface area contributed by atoms with E-state index in [1.807, 2.05) is 50.4 Å². The van der Waals surface area contributed by atoms with Gasteiger partial charge in [0.25, 0.3) is 0 Å². The quantitative estimate of drug-likeness (QED) is 0.808. The third-order valence-electron chi connectivity index (χ3n) is 2.62. The lowest BCUT2D eigenvalue weighted by atomic mass is 9.95. The molecule has 0 aliphatic heterocycles. The van der Waals surface area contributed by atoms with Crippen molar-refractivity contribution in [3.8, 4) is 0 Å². The van der Waals surface area contributed by atoms with E-state index in [-0.39, 0.29) is 5.92 Å². The van der Waals surface area contributed by atoms with Crippen molar-refractivity contribution < 1.29 is 9.90 Å². The average Bonchev–Trinajstić information content (AvgIpc) is 2.29. The minimum absolute atomic E-state index is 0.106. The maximum absolute atomic E-state index is 11.0. The Labute approximate surface area is 107 Å². The van der Waals surface area contributed by atoms with E-state index in [0.29, 0.717) is 0 Å². The van der Waals surface area contributed by atoms with Crippen molar-refractivity contribution >= 4 is 23.8 Å². The molecule has 0 radical (unpaired) electrons. The third kappa shape index (κ3) is 4.27. The number of benzene rings is 1. The molecule has 0 saturated carbocycles. The Morgan fingerprint density at radius 1 is 1.29 bits per heavy atom. The molecule has 0 spiro atoms. The lowest BCUT2D eigenvalue weighted by Crippen LogP contribution is -2.16. The van der Waals surface area contributed by atoms with Gasteiger partial charge in [0.2, 0.25) is 0 Å². The lowest BCUT2D eigenvalue weighted by Gasteiger charge is -2.10. The summed E-state index contributed by atoms with van der Waals surface area (Å²) in [6, 6.07) is 8.08. The van der Waals surface area contributed by atoms with E-state index in [4.69, 9.17) is 5.11 Å². The first-order chi connectivity index (χ1) is 8.04. The Hall–Kier alpha value is -1.22. The zero-order valence-corrected chi connectivity index (χ0v) is 11.2. The first-order valence-corrected chi connectivity index (χ1v) is 6.82. The molecule has 1 rings (SSSR count). The predicted octanol–water partition coefficient (Wildman–Crippen LogP) is 3.78. The zero-order chi connectivity index (χ0) is 12.8. The Kier molecular flexibility index (Phi) is 5.29. The molecule has 17 heavy (non-hydrogen) atoms. The van der Waals surface area contributed by atoms with Gasteiger partial charge in [-0.05, 0) is 29.9 Å². The van der Waals surface area contributed by atoms with Gasteiger partial charge in [-0.1, -0.05) is 38.1 Å². The standard InChI is InChI=1S/C14H18O2S/c1-10(2)13(14(15)16)9-6-11-4-7-12(17-3)8-5-11/h4-10,13H,1-3H3,(H,15,16)/b9-6+. The molecule has 0 saturated heterocycles. The molecule has 1 aromatic rings. The largest absolute Gasteiger partial charge is 0.481 e. The van der Waals surface area contributed by atoms with Crippen LogP contribution >= 0.6 is 11.8 Å². The summed E-state index contributed by atoms with van der Waals surface area (Å²) in [6.45, 7) is 3.83. The first kappa shape index (κ1) is 13.8. The number of hydrogen-bond acceptors (Lipinski definition) is 2.